The van der Waals surface area contributed by atoms with Crippen LogP contribution in [0.2, 0.25) is 0 Å². The van der Waals surface area contributed by atoms with Crippen LogP contribution in [-0.2, 0) is 4.79 Å². The minimum absolute atomic E-state index is 0.0487. The molecule has 3 rings (SSSR count). The fraction of sp³-hybridized carbons (Fsp3) is 0.414. The van der Waals surface area contributed by atoms with Gasteiger partial charge in [0.2, 0.25) is 0 Å². The van der Waals surface area contributed by atoms with E-state index < -0.39 is 28.6 Å². The van der Waals surface area contributed by atoms with E-state index in [-0.39, 0.29) is 18.5 Å². The minimum atomic E-state index is -1.38. The van der Waals surface area contributed by atoms with Gasteiger partial charge in [-0.15, -0.1) is 11.6 Å². The van der Waals surface area contributed by atoms with Crippen molar-refractivity contribution >= 4 is 29.1 Å². The highest BCUT2D eigenvalue weighted by molar-refractivity contribution is 6.25. The van der Waals surface area contributed by atoms with Gasteiger partial charge in [-0.3, -0.25) is 4.79 Å². The van der Waals surface area contributed by atoms with Crippen LogP contribution in [0, 0.1) is 6.92 Å². The lowest BCUT2D eigenvalue weighted by Gasteiger charge is -2.28. The predicted octanol–water partition coefficient (Wildman–Crippen LogP) is 5.22. The van der Waals surface area contributed by atoms with Crippen LogP contribution in [0.15, 0.2) is 54.4 Å². The maximum absolute atomic E-state index is 14.0. The first-order valence-electron chi connectivity index (χ1n) is 12.6. The maximum Gasteiger partial charge on any atom is 0.329 e. The Morgan fingerprint density at radius 2 is 1.79 bits per heavy atom. The summed E-state index contributed by atoms with van der Waals surface area (Å²) in [4.78, 5) is 31.2. The van der Waals surface area contributed by atoms with Crippen molar-refractivity contribution in [2.45, 2.75) is 50.9 Å². The van der Waals surface area contributed by atoms with Crippen molar-refractivity contribution in [1.29, 1.82) is 0 Å². The molecule has 0 bridgehead atoms. The fourth-order valence-corrected chi connectivity index (χ4v) is 4.21. The van der Waals surface area contributed by atoms with Gasteiger partial charge < -0.3 is 20.4 Å². The molecule has 0 saturated carbocycles. The van der Waals surface area contributed by atoms with E-state index in [0.29, 0.717) is 17.9 Å². The third kappa shape index (κ3) is 7.72. The van der Waals surface area contributed by atoms with Crippen molar-refractivity contribution in [1.82, 2.24) is 15.2 Å². The van der Waals surface area contributed by atoms with Crippen LogP contribution in [-0.4, -0.2) is 70.1 Å². The number of alkyl halides is 1. The second kappa shape index (κ2) is 14.2. The van der Waals surface area contributed by atoms with Gasteiger partial charge in [0.25, 0.3) is 5.91 Å². The number of carboxylic acid groups (broad SMARTS) is 1. The van der Waals surface area contributed by atoms with Crippen molar-refractivity contribution in [3.8, 4) is 11.1 Å². The van der Waals surface area contributed by atoms with Crippen molar-refractivity contribution < 1.29 is 24.2 Å². The zero-order chi connectivity index (χ0) is 28.5. The molecule has 1 atom stereocenters. The highest BCUT2D eigenvalue weighted by Crippen LogP contribution is 2.36. The molecular formula is C29H37ClFN3O4. The molecule has 0 spiro atoms. The Labute approximate surface area is 229 Å². The number of nitrogens with zero attached hydrogens (tertiary/aromatic N) is 2. The lowest BCUT2D eigenvalue weighted by molar-refractivity contribution is -0.144. The summed E-state index contributed by atoms with van der Waals surface area (Å²) in [7, 11) is 3.99. The number of allylic oxidation sites excluding steroid dienone is 4. The molecule has 1 aromatic carbocycles. The summed E-state index contributed by atoms with van der Waals surface area (Å²) >= 11 is 6.01. The monoisotopic (exact) mass is 545 g/mol. The van der Waals surface area contributed by atoms with E-state index in [4.69, 9.17) is 16.7 Å². The predicted molar refractivity (Wildman–Crippen MR) is 150 cm³/mol. The molecule has 0 aliphatic heterocycles. The number of pyridine rings is 1. The van der Waals surface area contributed by atoms with Crippen LogP contribution in [0.4, 0.5) is 4.39 Å². The number of carboxylic acids is 1. The average molecular weight is 546 g/mol. The number of aryl methyl sites for hydroxylation is 1. The smallest absolute Gasteiger partial charge is 0.329 e. The van der Waals surface area contributed by atoms with E-state index in [1.807, 2.05) is 45.3 Å². The Hall–Kier alpha value is -3.07. The number of hydrogen-bond acceptors (Lipinski definition) is 5. The minimum Gasteiger partial charge on any atom is -0.480 e. The van der Waals surface area contributed by atoms with Gasteiger partial charge in [-0.2, -0.15) is 0 Å². The number of aliphatic carboxylic acids is 1. The third-order valence-electron chi connectivity index (χ3n) is 6.45. The highest BCUT2D eigenvalue weighted by atomic mass is 35.5. The van der Waals surface area contributed by atoms with Gasteiger partial charge in [0.1, 0.15) is 22.4 Å². The average Bonchev–Trinajstić information content (AvgIpc) is 3.23. The van der Waals surface area contributed by atoms with Crippen LogP contribution in [0.3, 0.4) is 0 Å². The maximum atomic E-state index is 14.0. The number of carbonyl (C=O) groups is 2. The number of rotatable bonds is 10. The topological polar surface area (TPSA) is 103 Å². The Bertz CT molecular complexity index is 1190. The Morgan fingerprint density at radius 3 is 2.26 bits per heavy atom. The summed E-state index contributed by atoms with van der Waals surface area (Å²) in [6.45, 7) is 6.65. The summed E-state index contributed by atoms with van der Waals surface area (Å²) in [6.07, 6.45) is 4.19. The number of aliphatic hydroxyl groups excluding tert-OH is 1. The molecule has 1 unspecified atom stereocenters. The van der Waals surface area contributed by atoms with Crippen molar-refractivity contribution in [2.75, 3.05) is 27.2 Å². The number of aliphatic hydroxyl groups is 1. The zero-order valence-corrected chi connectivity index (χ0v) is 23.3. The number of aromatic nitrogens is 1. The molecule has 2 aromatic rings. The first-order valence-corrected chi connectivity index (χ1v) is 13.0. The molecular weight excluding hydrogens is 509 g/mol. The SMILES string of the molecule is CCC(CC)(NC(=O)c1ccc(-c2ccccc2C)c(C2=CC(Cl)C(F)=C2)n1)C(=O)O.CN(C)CCCO. The number of carbonyl (C=O) groups excluding carboxylic acids is 1. The molecule has 3 N–H and O–H groups in total. The Morgan fingerprint density at radius 1 is 1.13 bits per heavy atom. The van der Waals surface area contributed by atoms with Crippen molar-refractivity contribution in [3.05, 3.63) is 71.3 Å². The van der Waals surface area contributed by atoms with E-state index in [0.717, 1.165) is 29.7 Å². The fourth-order valence-electron chi connectivity index (χ4n) is 4.01. The molecule has 206 valence electrons. The van der Waals surface area contributed by atoms with Crippen molar-refractivity contribution in [2.24, 2.45) is 0 Å². The van der Waals surface area contributed by atoms with E-state index in [9.17, 15) is 19.1 Å². The number of nitrogens with one attached hydrogen (secondary N) is 1. The molecule has 0 saturated heterocycles. The third-order valence-corrected chi connectivity index (χ3v) is 6.79. The quantitative estimate of drug-likeness (QED) is 0.354. The molecule has 38 heavy (non-hydrogen) atoms. The van der Waals surface area contributed by atoms with Gasteiger partial charge in [0.15, 0.2) is 0 Å². The molecule has 1 heterocycles. The molecule has 1 aliphatic rings. The first kappa shape index (κ1) is 31.1. The molecule has 9 heteroatoms. The Balaban J connectivity index is 0.000000638. The normalized spacial score (nSPS) is 14.9. The molecule has 1 amide bonds. The van der Waals surface area contributed by atoms with Crippen LogP contribution < -0.4 is 5.32 Å². The van der Waals surface area contributed by atoms with Crippen LogP contribution in [0.1, 0.15) is 54.9 Å². The largest absolute Gasteiger partial charge is 0.480 e. The zero-order valence-electron chi connectivity index (χ0n) is 22.6. The van der Waals surface area contributed by atoms with Gasteiger partial charge >= 0.3 is 5.97 Å². The van der Waals surface area contributed by atoms with Crippen LogP contribution in [0.5, 0.6) is 0 Å². The summed E-state index contributed by atoms with van der Waals surface area (Å²) in [5.74, 6) is -2.20. The van der Waals surface area contributed by atoms with E-state index in [1.165, 1.54) is 6.08 Å². The lowest BCUT2D eigenvalue weighted by Crippen LogP contribution is -2.53. The first-order chi connectivity index (χ1) is 18.0. The van der Waals surface area contributed by atoms with Crippen LogP contribution >= 0.6 is 11.6 Å². The van der Waals surface area contributed by atoms with E-state index >= 15 is 0 Å². The number of amides is 1. The Kier molecular flexibility index (Phi) is 11.6. The molecule has 1 aliphatic carbocycles. The molecule has 0 fully saturated rings. The second-order valence-electron chi connectivity index (χ2n) is 9.39. The summed E-state index contributed by atoms with van der Waals surface area (Å²) in [6, 6.07) is 11.0. The van der Waals surface area contributed by atoms with Gasteiger partial charge in [0.05, 0.1) is 5.69 Å². The lowest BCUT2D eigenvalue weighted by atomic mass is 9.92. The second-order valence-corrected chi connectivity index (χ2v) is 9.86. The van der Waals surface area contributed by atoms with Crippen molar-refractivity contribution in [3.63, 3.8) is 0 Å². The number of halogens is 2. The molecule has 0 radical (unpaired) electrons. The van der Waals surface area contributed by atoms with Gasteiger partial charge in [-0.1, -0.05) is 44.2 Å². The highest BCUT2D eigenvalue weighted by Gasteiger charge is 2.37. The standard InChI is InChI=1S/C24H24ClFN2O3.C5H13NO/c1-4-24(5-2,23(30)31)28-22(29)20-11-10-17(16-9-7-6-8-14(16)3)21(27-20)15-12-18(25)19(26)13-15;1-6(2)4-3-5-7/h6-13,18H,4-5H2,1-3H3,(H,28,29)(H,30,31);7H,3-5H2,1-2H3. The van der Waals surface area contributed by atoms with E-state index in [2.05, 4.69) is 15.2 Å². The summed E-state index contributed by atoms with van der Waals surface area (Å²) in [5, 5.41) is 19.6. The summed E-state index contributed by atoms with van der Waals surface area (Å²) < 4.78 is 14.0. The van der Waals surface area contributed by atoms with Gasteiger partial charge in [-0.05, 0) is 76.2 Å². The van der Waals surface area contributed by atoms with Crippen LogP contribution in [0.25, 0.3) is 16.7 Å². The van der Waals surface area contributed by atoms with E-state index in [1.54, 1.807) is 32.1 Å². The molecule has 1 aromatic heterocycles. The van der Waals surface area contributed by atoms with Gasteiger partial charge in [-0.25, -0.2) is 14.2 Å². The number of benzene rings is 1. The van der Waals surface area contributed by atoms with Gasteiger partial charge in [0, 0.05) is 17.7 Å². The molecule has 7 nitrogen and oxygen atoms in total. The summed E-state index contributed by atoms with van der Waals surface area (Å²) in [5.41, 5.74) is 2.17. The number of hydrogen-bond donors (Lipinski definition) is 3.